The fourth-order valence-electron chi connectivity index (χ4n) is 2.43. The number of aromatic nitrogens is 1. The average molecular weight is 457 g/mol. The van der Waals surface area contributed by atoms with Gasteiger partial charge in [-0.05, 0) is 30.3 Å². The van der Waals surface area contributed by atoms with Crippen LogP contribution in [0, 0.1) is 0 Å². The number of carbonyl (C=O) groups is 1. The minimum atomic E-state index is -4.50. The third-order valence-corrected chi connectivity index (χ3v) is 5.35. The van der Waals surface area contributed by atoms with E-state index >= 15 is 0 Å². The van der Waals surface area contributed by atoms with Crippen LogP contribution >= 0.6 is 11.3 Å². The second kappa shape index (κ2) is 7.95. The van der Waals surface area contributed by atoms with Gasteiger partial charge in [-0.1, -0.05) is 12.1 Å². The molecule has 0 aliphatic carbocycles. The fourth-order valence-corrected chi connectivity index (χ4v) is 3.80. The average Bonchev–Trinajstić information content (AvgIpc) is 3.13. The van der Waals surface area contributed by atoms with E-state index in [1.54, 1.807) is 0 Å². The minimum Gasteiger partial charge on any atom is -0.506 e. The van der Waals surface area contributed by atoms with Crippen molar-refractivity contribution in [1.82, 2.24) is 4.98 Å². The molecular formula is C18H14F3N3O4S2. The Bertz CT molecular complexity index is 1210. The zero-order chi connectivity index (χ0) is 22.1. The number of carbonyl (C=O) groups excluding carboxylic acids is 1. The molecule has 0 unspecified atom stereocenters. The maximum atomic E-state index is 12.9. The number of benzene rings is 2. The van der Waals surface area contributed by atoms with Crippen molar-refractivity contribution in [2.75, 3.05) is 16.3 Å². The van der Waals surface area contributed by atoms with Crippen molar-refractivity contribution in [1.29, 1.82) is 0 Å². The van der Waals surface area contributed by atoms with Crippen LogP contribution in [0.4, 0.5) is 24.5 Å². The molecule has 3 rings (SSSR count). The van der Waals surface area contributed by atoms with Crippen molar-refractivity contribution in [3.63, 3.8) is 0 Å². The molecule has 0 spiro atoms. The fraction of sp³-hybridized carbons (Fsp3) is 0.111. The second-order valence-electron chi connectivity index (χ2n) is 6.17. The van der Waals surface area contributed by atoms with E-state index in [4.69, 9.17) is 0 Å². The second-order valence-corrected chi connectivity index (χ2v) is 8.95. The maximum absolute atomic E-state index is 12.9. The molecule has 1 heterocycles. The van der Waals surface area contributed by atoms with E-state index in [9.17, 15) is 31.5 Å². The SMILES string of the molecule is CS(=O)(=O)Nc1cc(NC(=O)c2cnc(-c3cccc(C(F)(F)F)c3)s2)ccc1O. The number of nitrogens with one attached hydrogen (secondary N) is 2. The number of hydrogen-bond acceptors (Lipinski definition) is 6. The highest BCUT2D eigenvalue weighted by Gasteiger charge is 2.30. The Morgan fingerprint density at radius 1 is 1.17 bits per heavy atom. The van der Waals surface area contributed by atoms with E-state index in [-0.39, 0.29) is 32.6 Å². The van der Waals surface area contributed by atoms with E-state index in [1.807, 2.05) is 0 Å². The zero-order valence-corrected chi connectivity index (χ0v) is 16.8. The molecule has 2 aromatic carbocycles. The molecule has 1 aromatic heterocycles. The number of rotatable bonds is 5. The first kappa shape index (κ1) is 21.6. The van der Waals surface area contributed by atoms with Crippen LogP contribution in [-0.2, 0) is 16.2 Å². The molecule has 3 aromatic rings. The van der Waals surface area contributed by atoms with Crippen LogP contribution < -0.4 is 10.0 Å². The first-order chi connectivity index (χ1) is 13.9. The summed E-state index contributed by atoms with van der Waals surface area (Å²) in [5.41, 5.74) is -0.531. The van der Waals surface area contributed by atoms with E-state index in [0.717, 1.165) is 29.7 Å². The minimum absolute atomic E-state index is 0.121. The van der Waals surface area contributed by atoms with E-state index in [2.05, 4.69) is 15.0 Å². The largest absolute Gasteiger partial charge is 0.506 e. The van der Waals surface area contributed by atoms with Crippen molar-refractivity contribution in [2.45, 2.75) is 6.18 Å². The molecular weight excluding hydrogens is 443 g/mol. The highest BCUT2D eigenvalue weighted by molar-refractivity contribution is 7.92. The van der Waals surface area contributed by atoms with E-state index in [0.29, 0.717) is 0 Å². The van der Waals surface area contributed by atoms with Gasteiger partial charge in [0.15, 0.2) is 0 Å². The number of amides is 1. The lowest BCUT2D eigenvalue weighted by molar-refractivity contribution is -0.137. The summed E-state index contributed by atoms with van der Waals surface area (Å²) in [7, 11) is -3.65. The lowest BCUT2D eigenvalue weighted by Gasteiger charge is -2.09. The first-order valence-corrected chi connectivity index (χ1v) is 10.9. The van der Waals surface area contributed by atoms with Crippen LogP contribution in [0.5, 0.6) is 5.75 Å². The van der Waals surface area contributed by atoms with Crippen LogP contribution in [-0.4, -0.2) is 30.7 Å². The van der Waals surface area contributed by atoms with Gasteiger partial charge in [-0.25, -0.2) is 13.4 Å². The predicted molar refractivity (Wildman–Crippen MR) is 107 cm³/mol. The van der Waals surface area contributed by atoms with Crippen molar-refractivity contribution >= 4 is 38.6 Å². The summed E-state index contributed by atoms with van der Waals surface area (Å²) in [6.07, 6.45) is -2.36. The number of phenolic OH excluding ortho intramolecular Hbond substituents is 1. The van der Waals surface area contributed by atoms with Crippen LogP contribution in [0.25, 0.3) is 10.6 Å². The number of nitrogens with zero attached hydrogens (tertiary/aromatic N) is 1. The topological polar surface area (TPSA) is 108 Å². The van der Waals surface area contributed by atoms with Crippen molar-refractivity contribution in [3.05, 3.63) is 59.1 Å². The Balaban J connectivity index is 1.80. The molecule has 0 saturated heterocycles. The van der Waals surface area contributed by atoms with Gasteiger partial charge in [-0.2, -0.15) is 13.2 Å². The van der Waals surface area contributed by atoms with Gasteiger partial charge in [0.25, 0.3) is 5.91 Å². The summed E-state index contributed by atoms with van der Waals surface area (Å²) in [5, 5.41) is 12.5. The van der Waals surface area contributed by atoms with Crippen LogP contribution in [0.2, 0.25) is 0 Å². The smallest absolute Gasteiger partial charge is 0.416 e. The molecule has 0 fully saturated rings. The molecule has 0 aliphatic heterocycles. The normalized spacial score (nSPS) is 11.9. The zero-order valence-electron chi connectivity index (χ0n) is 15.2. The molecule has 0 atom stereocenters. The Hall–Kier alpha value is -3.12. The van der Waals surface area contributed by atoms with Gasteiger partial charge >= 0.3 is 6.18 Å². The lowest BCUT2D eigenvalue weighted by atomic mass is 10.1. The molecule has 12 heteroatoms. The number of aromatic hydroxyl groups is 1. The Labute approximate surface area is 173 Å². The van der Waals surface area contributed by atoms with Gasteiger partial charge in [0, 0.05) is 11.3 Å². The molecule has 0 saturated carbocycles. The molecule has 0 aliphatic rings. The summed E-state index contributed by atoms with van der Waals surface area (Å²) < 4.78 is 63.4. The third-order valence-electron chi connectivity index (χ3n) is 3.72. The van der Waals surface area contributed by atoms with Crippen LogP contribution in [0.1, 0.15) is 15.2 Å². The lowest BCUT2D eigenvalue weighted by Crippen LogP contribution is -2.12. The summed E-state index contributed by atoms with van der Waals surface area (Å²) in [6.45, 7) is 0. The predicted octanol–water partition coefficient (Wildman–Crippen LogP) is 4.16. The highest BCUT2D eigenvalue weighted by Crippen LogP contribution is 2.34. The van der Waals surface area contributed by atoms with E-state index in [1.165, 1.54) is 36.5 Å². The molecule has 0 bridgehead atoms. The number of sulfonamides is 1. The number of anilines is 2. The molecule has 30 heavy (non-hydrogen) atoms. The van der Waals surface area contributed by atoms with Gasteiger partial charge < -0.3 is 10.4 Å². The molecule has 1 amide bonds. The Morgan fingerprint density at radius 2 is 1.90 bits per heavy atom. The maximum Gasteiger partial charge on any atom is 0.416 e. The monoisotopic (exact) mass is 457 g/mol. The molecule has 7 nitrogen and oxygen atoms in total. The quantitative estimate of drug-likeness (QED) is 0.394. The number of alkyl halides is 3. The number of phenols is 1. The number of halogens is 3. The number of thiazole rings is 1. The van der Waals surface area contributed by atoms with Crippen LogP contribution in [0.15, 0.2) is 48.7 Å². The van der Waals surface area contributed by atoms with E-state index < -0.39 is 27.7 Å². The Morgan fingerprint density at radius 3 is 2.57 bits per heavy atom. The molecule has 3 N–H and O–H groups in total. The first-order valence-electron chi connectivity index (χ1n) is 8.18. The van der Waals surface area contributed by atoms with Gasteiger partial charge in [-0.3, -0.25) is 9.52 Å². The Kier molecular flexibility index (Phi) is 5.72. The van der Waals surface area contributed by atoms with Gasteiger partial charge in [-0.15, -0.1) is 11.3 Å². The van der Waals surface area contributed by atoms with Crippen molar-refractivity contribution < 1.29 is 31.5 Å². The van der Waals surface area contributed by atoms with Gasteiger partial charge in [0.05, 0.1) is 23.7 Å². The van der Waals surface area contributed by atoms with Gasteiger partial charge in [0.1, 0.15) is 15.6 Å². The highest BCUT2D eigenvalue weighted by atomic mass is 32.2. The standard InChI is InChI=1S/C18H14F3N3O4S2/c1-30(27,28)24-13-8-12(5-6-14(13)25)23-16(26)15-9-22-17(29-15)10-3-2-4-11(7-10)18(19,20)21/h2-9,24-25H,1H3,(H,23,26). The summed E-state index contributed by atoms with van der Waals surface area (Å²) >= 11 is 0.899. The number of hydrogen-bond donors (Lipinski definition) is 3. The molecule has 158 valence electrons. The van der Waals surface area contributed by atoms with Crippen molar-refractivity contribution in [3.8, 4) is 16.3 Å². The summed E-state index contributed by atoms with van der Waals surface area (Å²) in [4.78, 5) is 16.6. The van der Waals surface area contributed by atoms with Gasteiger partial charge in [0.2, 0.25) is 10.0 Å². The summed E-state index contributed by atoms with van der Waals surface area (Å²) in [5.74, 6) is -0.926. The third kappa shape index (κ3) is 5.27. The summed E-state index contributed by atoms with van der Waals surface area (Å²) in [6, 6.07) is 8.38. The van der Waals surface area contributed by atoms with Crippen LogP contribution in [0.3, 0.4) is 0 Å². The molecule has 0 radical (unpaired) electrons. The van der Waals surface area contributed by atoms with Crippen molar-refractivity contribution in [2.24, 2.45) is 0 Å².